The van der Waals surface area contributed by atoms with Gasteiger partial charge in [-0.2, -0.15) is 0 Å². The van der Waals surface area contributed by atoms with Crippen molar-refractivity contribution in [3.63, 3.8) is 0 Å². The van der Waals surface area contributed by atoms with Gasteiger partial charge >= 0.3 is 0 Å². The molecule has 0 saturated heterocycles. The number of thioether (sulfide) groups is 1. The Hall–Kier alpha value is -1.43. The zero-order valence-corrected chi connectivity index (χ0v) is 10.9. The van der Waals surface area contributed by atoms with Crippen molar-refractivity contribution >= 4 is 35.0 Å². The van der Waals surface area contributed by atoms with Gasteiger partial charge in [0.1, 0.15) is 11.1 Å². The molecule has 1 amide bonds. The number of carbonyl (C=O) groups excluding carboxylic acids is 4. The fraction of sp³-hybridized carbons (Fsp3) is 0.455. The topological polar surface area (TPSA) is 71.5 Å². The van der Waals surface area contributed by atoms with Crippen molar-refractivity contribution in [2.45, 2.75) is 33.1 Å². The summed E-state index contributed by atoms with van der Waals surface area (Å²) in [6.45, 7) is 5.18. The van der Waals surface area contributed by atoms with Crippen LogP contribution < -0.4 is 0 Å². The molecule has 0 aromatic rings. The number of rotatable bonds is 3. The molecule has 6 heteroatoms. The Balaban J connectivity index is 3.34. The summed E-state index contributed by atoms with van der Waals surface area (Å²) >= 11 is 0.965. The van der Waals surface area contributed by atoms with Crippen LogP contribution in [0.15, 0.2) is 10.6 Å². The molecule has 1 atom stereocenters. The summed E-state index contributed by atoms with van der Waals surface area (Å²) < 4.78 is 0. The quantitative estimate of drug-likeness (QED) is 0.748. The molecule has 1 heterocycles. The lowest BCUT2D eigenvalue weighted by atomic mass is 10.2. The molecule has 0 aromatic heterocycles. The number of carbonyl (C=O) groups is 4. The summed E-state index contributed by atoms with van der Waals surface area (Å²) in [5, 5.41) is -0.801. The second-order valence-electron chi connectivity index (χ2n) is 3.76. The number of Topliss-reactive ketones (excluding diaryl/α,β-unsaturated/α-hetero) is 3. The van der Waals surface area contributed by atoms with Crippen molar-refractivity contribution in [2.24, 2.45) is 0 Å². The van der Waals surface area contributed by atoms with Crippen molar-refractivity contribution < 1.29 is 19.2 Å². The first-order chi connectivity index (χ1) is 7.77. The third-order valence-electron chi connectivity index (χ3n) is 2.26. The minimum absolute atomic E-state index is 0.0372. The molecule has 0 saturated carbocycles. The molecule has 0 aliphatic carbocycles. The second-order valence-corrected chi connectivity index (χ2v) is 4.85. The summed E-state index contributed by atoms with van der Waals surface area (Å²) in [6, 6.07) is 0. The molecular weight excluding hydrogens is 242 g/mol. The monoisotopic (exact) mass is 255 g/mol. The van der Waals surface area contributed by atoms with Crippen molar-refractivity contribution in [2.75, 3.05) is 0 Å². The fourth-order valence-electron chi connectivity index (χ4n) is 1.61. The Kier molecular flexibility index (Phi) is 3.87. The smallest absolute Gasteiger partial charge is 0.225 e. The van der Waals surface area contributed by atoms with Gasteiger partial charge in [0.05, 0.1) is 4.91 Å². The van der Waals surface area contributed by atoms with Crippen molar-refractivity contribution in [3.8, 4) is 0 Å². The number of nitrogens with zero attached hydrogens (tertiary/aromatic N) is 1. The van der Waals surface area contributed by atoms with Crippen LogP contribution in [0.25, 0.3) is 0 Å². The van der Waals surface area contributed by atoms with E-state index in [0.717, 1.165) is 16.7 Å². The predicted octanol–water partition coefficient (Wildman–Crippen LogP) is 0.886. The molecule has 0 bridgehead atoms. The molecule has 0 fully saturated rings. The Morgan fingerprint density at radius 3 is 1.82 bits per heavy atom. The molecule has 5 nitrogen and oxygen atoms in total. The van der Waals surface area contributed by atoms with E-state index >= 15 is 0 Å². The highest BCUT2D eigenvalue weighted by Crippen LogP contribution is 2.39. The van der Waals surface area contributed by atoms with E-state index in [1.165, 1.54) is 27.7 Å². The van der Waals surface area contributed by atoms with E-state index in [1.807, 2.05) is 0 Å². The van der Waals surface area contributed by atoms with E-state index in [2.05, 4.69) is 0 Å². The van der Waals surface area contributed by atoms with Crippen molar-refractivity contribution in [1.82, 2.24) is 4.90 Å². The third kappa shape index (κ3) is 2.46. The van der Waals surface area contributed by atoms with Gasteiger partial charge in [-0.3, -0.25) is 24.1 Å². The van der Waals surface area contributed by atoms with Gasteiger partial charge in [-0.1, -0.05) is 11.8 Å². The maximum atomic E-state index is 11.5. The standard InChI is InChI=1S/C11H13NO4S/c1-5(13)9-10(6(2)14)17-11(7(3)15)12(9)8(4)16/h11H,1-4H3. The molecular formula is C11H13NO4S. The highest BCUT2D eigenvalue weighted by atomic mass is 32.2. The van der Waals surface area contributed by atoms with Crippen LogP contribution in [0.2, 0.25) is 0 Å². The second kappa shape index (κ2) is 4.83. The maximum Gasteiger partial charge on any atom is 0.225 e. The van der Waals surface area contributed by atoms with E-state index in [1.54, 1.807) is 0 Å². The number of hydrogen-bond acceptors (Lipinski definition) is 5. The Bertz CT molecular complexity index is 452. The van der Waals surface area contributed by atoms with E-state index in [9.17, 15) is 19.2 Å². The molecule has 1 aliphatic rings. The predicted molar refractivity (Wildman–Crippen MR) is 63.0 cm³/mol. The van der Waals surface area contributed by atoms with Crippen LogP contribution in [0.3, 0.4) is 0 Å². The third-order valence-corrected chi connectivity index (χ3v) is 3.74. The van der Waals surface area contributed by atoms with Gasteiger partial charge in [0.2, 0.25) is 5.91 Å². The maximum absolute atomic E-state index is 11.5. The number of allylic oxidation sites excluding steroid dienone is 2. The lowest BCUT2D eigenvalue weighted by Gasteiger charge is -2.22. The van der Waals surface area contributed by atoms with Crippen LogP contribution in [0.4, 0.5) is 0 Å². The zero-order valence-electron chi connectivity index (χ0n) is 10.1. The Morgan fingerprint density at radius 2 is 1.53 bits per heavy atom. The first-order valence-corrected chi connectivity index (χ1v) is 5.88. The SMILES string of the molecule is CC(=O)C1=C(C(C)=O)N(C(C)=O)C(C(C)=O)S1. The van der Waals surface area contributed by atoms with E-state index in [0.29, 0.717) is 0 Å². The Morgan fingerprint density at radius 1 is 1.00 bits per heavy atom. The van der Waals surface area contributed by atoms with E-state index in [4.69, 9.17) is 0 Å². The van der Waals surface area contributed by atoms with Crippen molar-refractivity contribution in [3.05, 3.63) is 10.6 Å². The van der Waals surface area contributed by atoms with Gasteiger partial charge in [-0.05, 0) is 13.8 Å². The molecule has 0 aromatic carbocycles. The van der Waals surface area contributed by atoms with Crippen LogP contribution in [0, 0.1) is 0 Å². The molecule has 0 N–H and O–H groups in total. The molecule has 0 spiro atoms. The highest BCUT2D eigenvalue weighted by molar-refractivity contribution is 8.05. The summed E-state index contributed by atoms with van der Waals surface area (Å²) in [6.07, 6.45) is 0. The van der Waals surface area contributed by atoms with Crippen LogP contribution in [0.5, 0.6) is 0 Å². The summed E-state index contributed by atoms with van der Waals surface area (Å²) in [7, 11) is 0. The average Bonchev–Trinajstić information content (AvgIpc) is 2.56. The summed E-state index contributed by atoms with van der Waals surface area (Å²) in [5.41, 5.74) is 0.0372. The lowest BCUT2D eigenvalue weighted by Crippen LogP contribution is -2.38. The minimum atomic E-state index is -0.801. The first kappa shape index (κ1) is 13.6. The molecule has 1 unspecified atom stereocenters. The average molecular weight is 255 g/mol. The van der Waals surface area contributed by atoms with Gasteiger partial charge in [0.15, 0.2) is 17.3 Å². The number of ketones is 3. The molecule has 17 heavy (non-hydrogen) atoms. The van der Waals surface area contributed by atoms with Gasteiger partial charge in [-0.15, -0.1) is 0 Å². The molecule has 1 aliphatic heterocycles. The minimum Gasteiger partial charge on any atom is -0.297 e. The van der Waals surface area contributed by atoms with Gasteiger partial charge < -0.3 is 0 Å². The lowest BCUT2D eigenvalue weighted by molar-refractivity contribution is -0.133. The molecule has 1 rings (SSSR count). The normalized spacial score (nSPS) is 19.5. The van der Waals surface area contributed by atoms with Crippen LogP contribution >= 0.6 is 11.8 Å². The van der Waals surface area contributed by atoms with Crippen LogP contribution in [-0.4, -0.2) is 33.5 Å². The zero-order chi connectivity index (χ0) is 13.3. The number of amides is 1. The van der Waals surface area contributed by atoms with Crippen molar-refractivity contribution in [1.29, 1.82) is 0 Å². The van der Waals surface area contributed by atoms with Gasteiger partial charge in [-0.25, -0.2) is 0 Å². The van der Waals surface area contributed by atoms with Crippen LogP contribution in [0.1, 0.15) is 27.7 Å². The van der Waals surface area contributed by atoms with E-state index in [-0.39, 0.29) is 28.0 Å². The largest absolute Gasteiger partial charge is 0.297 e. The van der Waals surface area contributed by atoms with Crippen LogP contribution in [-0.2, 0) is 19.2 Å². The summed E-state index contributed by atoms with van der Waals surface area (Å²) in [4.78, 5) is 47.2. The molecule has 92 valence electrons. The van der Waals surface area contributed by atoms with Gasteiger partial charge in [0.25, 0.3) is 0 Å². The first-order valence-electron chi connectivity index (χ1n) is 5.00. The number of hydrogen-bond donors (Lipinski definition) is 0. The fourth-order valence-corrected chi connectivity index (χ4v) is 2.88. The van der Waals surface area contributed by atoms with E-state index < -0.39 is 11.3 Å². The summed E-state index contributed by atoms with van der Waals surface area (Å²) in [5.74, 6) is -1.38. The highest BCUT2D eigenvalue weighted by Gasteiger charge is 2.41. The van der Waals surface area contributed by atoms with Gasteiger partial charge in [0, 0.05) is 13.8 Å². The Labute approximate surface area is 103 Å². The molecule has 0 radical (unpaired) electrons.